The third-order valence-corrected chi connectivity index (χ3v) is 1.76. The molecule has 0 fully saturated rings. The molecule has 9 heteroatoms. The van der Waals surface area contributed by atoms with Gasteiger partial charge < -0.3 is 21.3 Å². The van der Waals surface area contributed by atoms with E-state index in [-0.39, 0.29) is 0 Å². The van der Waals surface area contributed by atoms with Crippen molar-refractivity contribution in [3.05, 3.63) is 0 Å². The summed E-state index contributed by atoms with van der Waals surface area (Å²) in [7, 11) is -4.81. The number of unbranched alkanes of at least 4 members (excludes halogenated alkanes) is 1. The summed E-state index contributed by atoms with van der Waals surface area (Å²) in [5.74, 6) is -1.02. The number of carbonyl (C=O) groups is 1. The van der Waals surface area contributed by atoms with Gasteiger partial charge >= 0.3 is 13.8 Å². The molecule has 0 saturated carbocycles. The van der Waals surface area contributed by atoms with Crippen LogP contribution in [0.15, 0.2) is 0 Å². The smallest absolute Gasteiger partial charge is 0.330 e. The van der Waals surface area contributed by atoms with E-state index in [0.29, 0.717) is 25.8 Å². The van der Waals surface area contributed by atoms with E-state index < -0.39 is 19.8 Å². The topological polar surface area (TPSA) is 145 Å². The summed E-state index contributed by atoms with van der Waals surface area (Å²) in [4.78, 5) is 31.2. The summed E-state index contributed by atoms with van der Waals surface area (Å²) >= 11 is 0. The molecular formula is C6H15N2O6P. The van der Waals surface area contributed by atoms with Crippen molar-refractivity contribution in [1.82, 2.24) is 0 Å². The van der Waals surface area contributed by atoms with Crippen LogP contribution in [0.3, 0.4) is 0 Å². The normalized spacial score (nSPS) is 13.6. The highest BCUT2D eigenvalue weighted by molar-refractivity contribution is 7.46. The van der Waals surface area contributed by atoms with Crippen molar-refractivity contribution in [3.8, 4) is 0 Å². The highest BCUT2D eigenvalue weighted by Gasteiger charge is 2.22. The molecule has 0 aromatic rings. The second-order valence-corrected chi connectivity index (χ2v) is 3.99. The number of carbonyl (C=O) groups excluding carboxylic acids is 1. The van der Waals surface area contributed by atoms with Gasteiger partial charge in [-0.3, -0.25) is 4.89 Å². The van der Waals surface area contributed by atoms with Crippen molar-refractivity contribution in [2.24, 2.45) is 11.5 Å². The molecule has 0 saturated heterocycles. The van der Waals surface area contributed by atoms with Gasteiger partial charge in [-0.2, -0.15) is 0 Å². The molecule has 0 heterocycles. The maximum absolute atomic E-state index is 10.9. The van der Waals surface area contributed by atoms with Crippen molar-refractivity contribution >= 4 is 13.8 Å². The maximum Gasteiger partial charge on any atom is 0.505 e. The van der Waals surface area contributed by atoms with Crippen molar-refractivity contribution in [3.63, 3.8) is 0 Å². The van der Waals surface area contributed by atoms with Gasteiger partial charge in [0.05, 0.1) is 0 Å². The molecule has 0 aromatic heterocycles. The van der Waals surface area contributed by atoms with Crippen LogP contribution in [0, 0.1) is 0 Å². The van der Waals surface area contributed by atoms with Crippen molar-refractivity contribution in [2.75, 3.05) is 6.54 Å². The quantitative estimate of drug-likeness (QED) is 0.193. The molecular weight excluding hydrogens is 227 g/mol. The lowest BCUT2D eigenvalue weighted by molar-refractivity contribution is -0.224. The van der Waals surface area contributed by atoms with Crippen molar-refractivity contribution in [2.45, 2.75) is 25.3 Å². The van der Waals surface area contributed by atoms with E-state index in [0.717, 1.165) is 0 Å². The fraction of sp³-hybridized carbons (Fsp3) is 0.833. The number of phosphoric acid groups is 1. The summed E-state index contributed by atoms with van der Waals surface area (Å²) in [6.07, 6.45) is 1.66. The van der Waals surface area contributed by atoms with E-state index in [2.05, 4.69) is 9.56 Å². The summed E-state index contributed by atoms with van der Waals surface area (Å²) in [5.41, 5.74) is 10.6. The molecule has 0 aliphatic rings. The summed E-state index contributed by atoms with van der Waals surface area (Å²) in [6.45, 7) is 0.487. The molecule has 0 rings (SSSR count). The molecule has 15 heavy (non-hydrogen) atoms. The predicted octanol–water partition coefficient (Wildman–Crippen LogP) is -0.990. The molecule has 0 unspecified atom stereocenters. The third-order valence-electron chi connectivity index (χ3n) is 1.49. The second kappa shape index (κ2) is 6.89. The fourth-order valence-electron chi connectivity index (χ4n) is 0.774. The molecule has 0 spiro atoms. The summed E-state index contributed by atoms with van der Waals surface area (Å²) in [6, 6.07) is -0.969. The standard InChI is InChI=1S/C6H15N2O6P/c7-4-2-1-3-5(8)6(9)13-14-15(10,11)12/h5H,1-4,7-8H2,(H2,10,11,12)/t5-/m0/s1. The summed E-state index contributed by atoms with van der Waals surface area (Å²) < 4.78 is 13.7. The third kappa shape index (κ3) is 8.49. The first-order valence-corrected chi connectivity index (χ1v) is 5.81. The monoisotopic (exact) mass is 242 g/mol. The average Bonchev–Trinajstić information content (AvgIpc) is 2.13. The minimum absolute atomic E-state index is 0.320. The van der Waals surface area contributed by atoms with Crippen LogP contribution >= 0.6 is 7.82 Å². The number of hydrogen-bond donors (Lipinski definition) is 4. The van der Waals surface area contributed by atoms with Crippen LogP contribution in [0.1, 0.15) is 19.3 Å². The van der Waals surface area contributed by atoms with Gasteiger partial charge in [-0.05, 0) is 19.4 Å². The van der Waals surface area contributed by atoms with Gasteiger partial charge in [-0.1, -0.05) is 11.1 Å². The van der Waals surface area contributed by atoms with Gasteiger partial charge in [0.25, 0.3) is 0 Å². The van der Waals surface area contributed by atoms with E-state index >= 15 is 0 Å². The van der Waals surface area contributed by atoms with Gasteiger partial charge in [0, 0.05) is 0 Å². The Morgan fingerprint density at radius 2 is 2.00 bits per heavy atom. The molecule has 1 atom stereocenters. The highest BCUT2D eigenvalue weighted by atomic mass is 31.2. The lowest BCUT2D eigenvalue weighted by Gasteiger charge is -2.09. The molecule has 90 valence electrons. The lowest BCUT2D eigenvalue weighted by atomic mass is 10.1. The first kappa shape index (κ1) is 14.5. The Balaban J connectivity index is 3.74. The number of rotatable bonds is 7. The molecule has 6 N–H and O–H groups in total. The Morgan fingerprint density at radius 1 is 1.40 bits per heavy atom. The molecule has 0 aliphatic carbocycles. The second-order valence-electron chi connectivity index (χ2n) is 2.86. The molecule has 0 amide bonds. The van der Waals surface area contributed by atoms with Crippen LogP contribution in [0.2, 0.25) is 0 Å². The Morgan fingerprint density at radius 3 is 2.47 bits per heavy atom. The molecule has 0 bridgehead atoms. The van der Waals surface area contributed by atoms with Crippen LogP contribution in [-0.2, 0) is 18.9 Å². The maximum atomic E-state index is 10.9. The van der Waals surface area contributed by atoms with E-state index in [4.69, 9.17) is 21.3 Å². The highest BCUT2D eigenvalue weighted by Crippen LogP contribution is 2.35. The number of nitrogens with two attached hydrogens (primary N) is 2. The molecule has 8 nitrogen and oxygen atoms in total. The van der Waals surface area contributed by atoms with Crippen molar-refractivity contribution < 1.29 is 28.7 Å². The molecule has 0 aliphatic heterocycles. The van der Waals surface area contributed by atoms with Crippen LogP contribution in [-0.4, -0.2) is 28.3 Å². The zero-order valence-electron chi connectivity index (χ0n) is 8.04. The number of hydrogen-bond acceptors (Lipinski definition) is 6. The van der Waals surface area contributed by atoms with Gasteiger partial charge in [0.15, 0.2) is 0 Å². The predicted molar refractivity (Wildman–Crippen MR) is 50.1 cm³/mol. The SMILES string of the molecule is NCCCC[C@H](N)C(=O)OOP(=O)(O)O. The lowest BCUT2D eigenvalue weighted by Crippen LogP contribution is -2.32. The van der Waals surface area contributed by atoms with Crippen LogP contribution in [0.4, 0.5) is 0 Å². The Bertz CT molecular complexity index is 242. The van der Waals surface area contributed by atoms with E-state index in [9.17, 15) is 9.36 Å². The first-order valence-electron chi connectivity index (χ1n) is 4.28. The van der Waals surface area contributed by atoms with Gasteiger partial charge in [0.1, 0.15) is 6.04 Å². The molecule has 0 aromatic carbocycles. The van der Waals surface area contributed by atoms with E-state index in [1.165, 1.54) is 0 Å². The van der Waals surface area contributed by atoms with E-state index in [1.54, 1.807) is 0 Å². The largest absolute Gasteiger partial charge is 0.505 e. The Kier molecular flexibility index (Phi) is 6.66. The zero-order valence-corrected chi connectivity index (χ0v) is 8.93. The Labute approximate surface area is 86.7 Å². The fourth-order valence-corrected chi connectivity index (χ4v) is 0.944. The van der Waals surface area contributed by atoms with Gasteiger partial charge in [-0.25, -0.2) is 9.36 Å². The van der Waals surface area contributed by atoms with Crippen LogP contribution in [0.5, 0.6) is 0 Å². The van der Waals surface area contributed by atoms with Gasteiger partial charge in [-0.15, -0.1) is 0 Å². The molecule has 0 radical (unpaired) electrons. The minimum Gasteiger partial charge on any atom is -0.330 e. The van der Waals surface area contributed by atoms with Crippen LogP contribution in [0.25, 0.3) is 0 Å². The van der Waals surface area contributed by atoms with Crippen molar-refractivity contribution in [1.29, 1.82) is 0 Å². The van der Waals surface area contributed by atoms with Gasteiger partial charge in [0.2, 0.25) is 0 Å². The zero-order chi connectivity index (χ0) is 11.9. The minimum atomic E-state index is -4.81. The van der Waals surface area contributed by atoms with Crippen LogP contribution < -0.4 is 11.5 Å². The first-order chi connectivity index (χ1) is 6.87. The average molecular weight is 242 g/mol. The van der Waals surface area contributed by atoms with E-state index in [1.807, 2.05) is 0 Å². The Hall–Kier alpha value is -0.500. The summed E-state index contributed by atoms with van der Waals surface area (Å²) in [5, 5.41) is 0.